The number of ether oxygens (including phenoxy) is 1. The van der Waals surface area contributed by atoms with E-state index in [4.69, 9.17) is 9.15 Å². The van der Waals surface area contributed by atoms with Crippen LogP contribution in [0, 0.1) is 6.92 Å². The molecule has 1 aromatic carbocycles. The van der Waals surface area contributed by atoms with E-state index in [-0.39, 0.29) is 13.0 Å². The number of anilines is 3. The highest BCUT2D eigenvalue weighted by atomic mass is 32.1. The SMILES string of the molecule is CCOC(=O)c1sc(Nc2ccc(NC(=O)CC(NCc3ccco3)C(=O)O)cc2)nc1C. The fraction of sp³-hybridized carbons (Fsp3) is 0.273. The maximum atomic E-state index is 12.3. The molecule has 2 aromatic heterocycles. The van der Waals surface area contributed by atoms with Crippen molar-refractivity contribution < 1.29 is 28.6 Å². The van der Waals surface area contributed by atoms with Crippen LogP contribution in [0.3, 0.4) is 0 Å². The summed E-state index contributed by atoms with van der Waals surface area (Å²) >= 11 is 1.19. The highest BCUT2D eigenvalue weighted by molar-refractivity contribution is 7.17. The highest BCUT2D eigenvalue weighted by Crippen LogP contribution is 2.27. The van der Waals surface area contributed by atoms with E-state index in [9.17, 15) is 19.5 Å². The van der Waals surface area contributed by atoms with E-state index < -0.39 is 23.9 Å². The van der Waals surface area contributed by atoms with Gasteiger partial charge in [0.1, 0.15) is 16.7 Å². The zero-order valence-corrected chi connectivity index (χ0v) is 18.9. The third-order valence-electron chi connectivity index (χ3n) is 4.47. The number of carboxylic acid groups (broad SMARTS) is 1. The van der Waals surface area contributed by atoms with Crippen molar-refractivity contribution in [2.24, 2.45) is 0 Å². The molecule has 3 aromatic rings. The molecule has 11 heteroatoms. The van der Waals surface area contributed by atoms with Gasteiger partial charge in [-0.05, 0) is 50.2 Å². The van der Waals surface area contributed by atoms with Crippen LogP contribution in [0.4, 0.5) is 16.5 Å². The first-order chi connectivity index (χ1) is 15.9. The average molecular weight is 473 g/mol. The molecule has 2 heterocycles. The average Bonchev–Trinajstić information content (AvgIpc) is 3.42. The molecule has 0 bridgehead atoms. The number of carbonyl (C=O) groups is 3. The molecule has 4 N–H and O–H groups in total. The summed E-state index contributed by atoms with van der Waals surface area (Å²) in [5, 5.41) is 18.5. The minimum atomic E-state index is -1.13. The summed E-state index contributed by atoms with van der Waals surface area (Å²) in [5.41, 5.74) is 1.81. The Balaban J connectivity index is 1.54. The predicted octanol–water partition coefficient (Wildman–Crippen LogP) is 3.54. The quantitative estimate of drug-likeness (QED) is 0.308. The Morgan fingerprint density at radius 2 is 1.91 bits per heavy atom. The first-order valence-electron chi connectivity index (χ1n) is 10.2. The van der Waals surface area contributed by atoms with Gasteiger partial charge >= 0.3 is 11.9 Å². The number of aromatic nitrogens is 1. The van der Waals surface area contributed by atoms with Gasteiger partial charge in [-0.2, -0.15) is 0 Å². The molecular weight excluding hydrogens is 448 g/mol. The lowest BCUT2D eigenvalue weighted by molar-refractivity contribution is -0.141. The van der Waals surface area contributed by atoms with Crippen LogP contribution in [0.5, 0.6) is 0 Å². The minimum absolute atomic E-state index is 0.200. The second-order valence-corrected chi connectivity index (χ2v) is 7.96. The van der Waals surface area contributed by atoms with Crippen molar-refractivity contribution >= 4 is 45.7 Å². The van der Waals surface area contributed by atoms with E-state index in [1.807, 2.05) is 0 Å². The number of esters is 1. The maximum absolute atomic E-state index is 12.3. The third kappa shape index (κ3) is 6.89. The lowest BCUT2D eigenvalue weighted by atomic mass is 10.2. The van der Waals surface area contributed by atoms with Crippen molar-refractivity contribution in [1.82, 2.24) is 10.3 Å². The van der Waals surface area contributed by atoms with Crippen LogP contribution in [-0.4, -0.2) is 40.6 Å². The van der Waals surface area contributed by atoms with Crippen LogP contribution < -0.4 is 16.0 Å². The highest BCUT2D eigenvalue weighted by Gasteiger charge is 2.21. The topological polar surface area (TPSA) is 143 Å². The van der Waals surface area contributed by atoms with Gasteiger partial charge in [-0.15, -0.1) is 0 Å². The zero-order chi connectivity index (χ0) is 23.8. The molecule has 1 amide bonds. The summed E-state index contributed by atoms with van der Waals surface area (Å²) in [6.45, 7) is 3.97. The predicted molar refractivity (Wildman–Crippen MR) is 123 cm³/mol. The second-order valence-electron chi connectivity index (χ2n) is 6.96. The Morgan fingerprint density at radius 1 is 1.18 bits per heavy atom. The number of thiazole rings is 1. The normalized spacial score (nSPS) is 11.6. The van der Waals surface area contributed by atoms with Gasteiger partial charge in [-0.1, -0.05) is 11.3 Å². The number of aryl methyl sites for hydroxylation is 1. The number of hydrogen-bond acceptors (Lipinski definition) is 9. The van der Waals surface area contributed by atoms with Crippen molar-refractivity contribution in [2.45, 2.75) is 32.9 Å². The Hall–Kier alpha value is -3.70. The van der Waals surface area contributed by atoms with E-state index in [1.54, 1.807) is 50.2 Å². The van der Waals surface area contributed by atoms with E-state index >= 15 is 0 Å². The Kier molecular flexibility index (Phi) is 8.17. The first kappa shape index (κ1) is 24.0. The summed E-state index contributed by atoms with van der Waals surface area (Å²) in [4.78, 5) is 40.5. The summed E-state index contributed by atoms with van der Waals surface area (Å²) in [6.07, 6.45) is 1.25. The molecule has 0 aliphatic rings. The molecule has 0 radical (unpaired) electrons. The lowest BCUT2D eigenvalue weighted by Crippen LogP contribution is -2.39. The summed E-state index contributed by atoms with van der Waals surface area (Å²) < 4.78 is 10.2. The number of hydrogen-bond donors (Lipinski definition) is 4. The van der Waals surface area contributed by atoms with Crippen molar-refractivity contribution in [1.29, 1.82) is 0 Å². The zero-order valence-electron chi connectivity index (χ0n) is 18.1. The summed E-state index contributed by atoms with van der Waals surface area (Å²) in [6, 6.07) is 9.19. The van der Waals surface area contributed by atoms with Gasteiger partial charge in [0.05, 0.1) is 31.5 Å². The molecule has 33 heavy (non-hydrogen) atoms. The molecule has 3 rings (SSSR count). The first-order valence-corrected chi connectivity index (χ1v) is 11.0. The molecule has 0 aliphatic heterocycles. The van der Waals surface area contributed by atoms with Crippen LogP contribution in [0.15, 0.2) is 47.1 Å². The van der Waals surface area contributed by atoms with Crippen LogP contribution in [0.1, 0.15) is 34.5 Å². The maximum Gasteiger partial charge on any atom is 0.350 e. The lowest BCUT2D eigenvalue weighted by Gasteiger charge is -2.14. The number of nitrogens with zero attached hydrogens (tertiary/aromatic N) is 1. The van der Waals surface area contributed by atoms with Crippen LogP contribution in [0.25, 0.3) is 0 Å². The van der Waals surface area contributed by atoms with Gasteiger partial charge in [0.25, 0.3) is 0 Å². The van der Waals surface area contributed by atoms with E-state index in [1.165, 1.54) is 17.6 Å². The number of furan rings is 1. The van der Waals surface area contributed by atoms with Crippen molar-refractivity contribution in [3.05, 3.63) is 59.0 Å². The van der Waals surface area contributed by atoms with E-state index in [0.717, 1.165) is 0 Å². The van der Waals surface area contributed by atoms with Gasteiger partial charge in [-0.25, -0.2) is 9.78 Å². The smallest absolute Gasteiger partial charge is 0.350 e. The van der Waals surface area contributed by atoms with Gasteiger partial charge in [0, 0.05) is 11.4 Å². The molecule has 1 unspecified atom stereocenters. The number of rotatable bonds is 11. The van der Waals surface area contributed by atoms with Gasteiger partial charge in [0.15, 0.2) is 5.13 Å². The molecule has 0 aliphatic carbocycles. The van der Waals surface area contributed by atoms with Crippen LogP contribution in [-0.2, 0) is 20.9 Å². The van der Waals surface area contributed by atoms with Crippen LogP contribution in [0.2, 0.25) is 0 Å². The number of carbonyl (C=O) groups excluding carboxylic acids is 2. The van der Waals surface area contributed by atoms with Gasteiger partial charge in [0.2, 0.25) is 5.91 Å². The monoisotopic (exact) mass is 472 g/mol. The van der Waals surface area contributed by atoms with E-state index in [0.29, 0.717) is 39.4 Å². The van der Waals surface area contributed by atoms with Crippen LogP contribution >= 0.6 is 11.3 Å². The van der Waals surface area contributed by atoms with Crippen molar-refractivity contribution in [3.63, 3.8) is 0 Å². The molecule has 10 nitrogen and oxygen atoms in total. The molecule has 174 valence electrons. The van der Waals surface area contributed by atoms with Crippen molar-refractivity contribution in [2.75, 3.05) is 17.2 Å². The number of aliphatic carboxylic acids is 1. The molecular formula is C22H24N4O6S. The number of amides is 1. The van der Waals surface area contributed by atoms with Gasteiger partial charge in [-0.3, -0.25) is 14.9 Å². The second kappa shape index (κ2) is 11.2. The summed E-state index contributed by atoms with van der Waals surface area (Å²) in [5.74, 6) is -1.40. The number of nitrogens with one attached hydrogen (secondary N) is 3. The fourth-order valence-electron chi connectivity index (χ4n) is 2.88. The Bertz CT molecular complexity index is 1090. The van der Waals surface area contributed by atoms with Gasteiger partial charge < -0.3 is 24.9 Å². The molecule has 0 spiro atoms. The van der Waals surface area contributed by atoms with E-state index in [2.05, 4.69) is 20.9 Å². The Labute approximate surface area is 194 Å². The molecule has 0 saturated carbocycles. The minimum Gasteiger partial charge on any atom is -0.480 e. The number of carboxylic acids is 1. The Morgan fingerprint density at radius 3 is 2.55 bits per heavy atom. The molecule has 0 fully saturated rings. The standard InChI is InChI=1S/C22H24N4O6S/c1-3-31-21(30)19-13(2)24-22(33-19)26-15-8-6-14(7-9-15)25-18(27)11-17(20(28)29)23-12-16-5-4-10-32-16/h4-10,17,23H,3,11-12H2,1-2H3,(H,24,26)(H,25,27)(H,28,29). The number of benzene rings is 1. The summed E-state index contributed by atoms with van der Waals surface area (Å²) in [7, 11) is 0. The van der Waals surface area contributed by atoms with Crippen molar-refractivity contribution in [3.8, 4) is 0 Å². The molecule has 0 saturated heterocycles. The fourth-order valence-corrected chi connectivity index (χ4v) is 3.76. The molecule has 1 atom stereocenters. The largest absolute Gasteiger partial charge is 0.480 e. The third-order valence-corrected chi connectivity index (χ3v) is 5.52.